The Morgan fingerprint density at radius 2 is 1.89 bits per heavy atom. The standard InChI is InChI=1S/C15H17ClO2/c1-8-4-14(16)15(10(3)9(8)2)11-5-12(17)7-13(18)6-11/h4,7,11,17H,5-6H2,1-3H3. The van der Waals surface area contributed by atoms with Crippen molar-refractivity contribution in [3.63, 3.8) is 0 Å². The Balaban J connectivity index is 2.49. The minimum Gasteiger partial charge on any atom is -0.512 e. The van der Waals surface area contributed by atoms with Gasteiger partial charge < -0.3 is 5.11 Å². The molecule has 18 heavy (non-hydrogen) atoms. The normalized spacial score (nSPS) is 19.9. The Bertz CT molecular complexity index is 544. The van der Waals surface area contributed by atoms with Gasteiger partial charge in [-0.1, -0.05) is 11.6 Å². The predicted molar refractivity (Wildman–Crippen MR) is 73.4 cm³/mol. The molecule has 1 aromatic rings. The van der Waals surface area contributed by atoms with E-state index in [-0.39, 0.29) is 17.5 Å². The Labute approximate surface area is 112 Å². The van der Waals surface area contributed by atoms with Gasteiger partial charge in [0.15, 0.2) is 5.78 Å². The van der Waals surface area contributed by atoms with Crippen LogP contribution in [0.2, 0.25) is 5.02 Å². The summed E-state index contributed by atoms with van der Waals surface area (Å²) in [4.78, 5) is 11.6. The number of carbonyl (C=O) groups excluding carboxylic acids is 1. The molecule has 0 aromatic heterocycles. The quantitative estimate of drug-likeness (QED) is 0.827. The molecule has 0 spiro atoms. The largest absolute Gasteiger partial charge is 0.512 e. The van der Waals surface area contributed by atoms with Crippen LogP contribution in [0.4, 0.5) is 0 Å². The molecule has 0 heterocycles. The van der Waals surface area contributed by atoms with Crippen molar-refractivity contribution in [1.82, 2.24) is 0 Å². The number of rotatable bonds is 1. The molecular weight excluding hydrogens is 248 g/mol. The van der Waals surface area contributed by atoms with Gasteiger partial charge in [0.05, 0.1) is 5.76 Å². The van der Waals surface area contributed by atoms with Crippen molar-refractivity contribution in [3.05, 3.63) is 45.2 Å². The number of halogens is 1. The lowest BCUT2D eigenvalue weighted by atomic mass is 9.82. The zero-order valence-corrected chi connectivity index (χ0v) is 11.6. The summed E-state index contributed by atoms with van der Waals surface area (Å²) < 4.78 is 0. The third-order valence-corrected chi connectivity index (χ3v) is 4.11. The molecular formula is C15H17ClO2. The number of aliphatic hydroxyl groups is 1. The van der Waals surface area contributed by atoms with Gasteiger partial charge in [0, 0.05) is 23.9 Å². The molecule has 1 aliphatic rings. The van der Waals surface area contributed by atoms with Crippen molar-refractivity contribution in [3.8, 4) is 0 Å². The van der Waals surface area contributed by atoms with Crippen LogP contribution in [-0.2, 0) is 4.79 Å². The topological polar surface area (TPSA) is 37.3 Å². The zero-order chi connectivity index (χ0) is 13.4. The first-order valence-electron chi connectivity index (χ1n) is 6.08. The molecule has 0 aliphatic heterocycles. The van der Waals surface area contributed by atoms with Gasteiger partial charge in [-0.3, -0.25) is 4.79 Å². The number of hydrogen-bond acceptors (Lipinski definition) is 2. The Morgan fingerprint density at radius 3 is 2.50 bits per heavy atom. The summed E-state index contributed by atoms with van der Waals surface area (Å²) in [5.74, 6) is 0.122. The summed E-state index contributed by atoms with van der Waals surface area (Å²) in [6, 6.07) is 1.94. The molecule has 1 aliphatic carbocycles. The summed E-state index contributed by atoms with van der Waals surface area (Å²) in [6.45, 7) is 6.12. The lowest BCUT2D eigenvalue weighted by Gasteiger charge is -2.24. The summed E-state index contributed by atoms with van der Waals surface area (Å²) >= 11 is 6.32. The highest BCUT2D eigenvalue weighted by Crippen LogP contribution is 2.38. The molecule has 0 amide bonds. The van der Waals surface area contributed by atoms with Gasteiger partial charge >= 0.3 is 0 Å². The van der Waals surface area contributed by atoms with E-state index in [9.17, 15) is 9.90 Å². The minimum atomic E-state index is -0.0301. The van der Waals surface area contributed by atoms with E-state index < -0.39 is 0 Å². The monoisotopic (exact) mass is 264 g/mol. The fourth-order valence-corrected chi connectivity index (χ4v) is 3.09. The van der Waals surface area contributed by atoms with E-state index in [0.717, 1.165) is 16.7 Å². The van der Waals surface area contributed by atoms with E-state index in [2.05, 4.69) is 6.92 Å². The number of hydrogen-bond donors (Lipinski definition) is 1. The summed E-state index contributed by atoms with van der Waals surface area (Å²) in [6.07, 6.45) is 2.24. The summed E-state index contributed by atoms with van der Waals surface area (Å²) in [5.41, 5.74) is 4.50. The van der Waals surface area contributed by atoms with Gasteiger partial charge in [-0.15, -0.1) is 0 Å². The molecule has 96 valence electrons. The average molecular weight is 265 g/mol. The molecule has 0 bridgehead atoms. The average Bonchev–Trinajstić information content (AvgIpc) is 2.24. The molecule has 1 unspecified atom stereocenters. The van der Waals surface area contributed by atoms with Crippen molar-refractivity contribution < 1.29 is 9.90 Å². The fourth-order valence-electron chi connectivity index (χ4n) is 2.63. The van der Waals surface area contributed by atoms with Gasteiger partial charge in [-0.25, -0.2) is 0 Å². The maximum absolute atomic E-state index is 11.6. The van der Waals surface area contributed by atoms with Crippen molar-refractivity contribution in [2.45, 2.75) is 39.5 Å². The molecule has 2 rings (SSSR count). The SMILES string of the molecule is Cc1cc(Cl)c(C2CC(=O)C=C(O)C2)c(C)c1C. The highest BCUT2D eigenvalue weighted by Gasteiger charge is 2.26. The highest BCUT2D eigenvalue weighted by molar-refractivity contribution is 6.31. The molecule has 1 atom stereocenters. The molecule has 0 radical (unpaired) electrons. The van der Waals surface area contributed by atoms with Crippen LogP contribution in [0, 0.1) is 20.8 Å². The first-order valence-corrected chi connectivity index (χ1v) is 6.46. The lowest BCUT2D eigenvalue weighted by molar-refractivity contribution is -0.115. The lowest BCUT2D eigenvalue weighted by Crippen LogP contribution is -2.14. The van der Waals surface area contributed by atoms with Crippen LogP contribution in [-0.4, -0.2) is 10.9 Å². The minimum absolute atomic E-state index is 0.00528. The zero-order valence-electron chi connectivity index (χ0n) is 10.9. The van der Waals surface area contributed by atoms with Gasteiger partial charge in [-0.2, -0.15) is 0 Å². The van der Waals surface area contributed by atoms with Crippen LogP contribution in [0.25, 0.3) is 0 Å². The molecule has 0 saturated carbocycles. The second kappa shape index (κ2) is 4.77. The molecule has 1 N–H and O–H groups in total. The second-order valence-corrected chi connectivity index (χ2v) is 5.45. The third kappa shape index (κ3) is 2.30. The van der Waals surface area contributed by atoms with Gasteiger partial charge in [0.25, 0.3) is 0 Å². The van der Waals surface area contributed by atoms with Crippen LogP contribution in [0.3, 0.4) is 0 Å². The number of benzene rings is 1. The number of aliphatic hydroxyl groups excluding tert-OH is 1. The predicted octanol–water partition coefficient (Wildman–Crippen LogP) is 4.15. The second-order valence-electron chi connectivity index (χ2n) is 5.05. The van der Waals surface area contributed by atoms with Gasteiger partial charge in [0.2, 0.25) is 0 Å². The Morgan fingerprint density at radius 1 is 1.22 bits per heavy atom. The molecule has 0 fully saturated rings. The highest BCUT2D eigenvalue weighted by atomic mass is 35.5. The van der Waals surface area contributed by atoms with E-state index in [1.807, 2.05) is 19.9 Å². The summed E-state index contributed by atoms with van der Waals surface area (Å²) in [5, 5.41) is 10.3. The van der Waals surface area contributed by atoms with Crippen molar-refractivity contribution in [2.24, 2.45) is 0 Å². The Kier molecular flexibility index (Phi) is 3.49. The van der Waals surface area contributed by atoms with Crippen LogP contribution in [0.5, 0.6) is 0 Å². The van der Waals surface area contributed by atoms with E-state index in [1.165, 1.54) is 11.6 Å². The fraction of sp³-hybridized carbons (Fsp3) is 0.400. The first kappa shape index (κ1) is 13.2. The van der Waals surface area contributed by atoms with Crippen LogP contribution >= 0.6 is 11.6 Å². The molecule has 0 saturated heterocycles. The van der Waals surface area contributed by atoms with Gasteiger partial charge in [-0.05, 0) is 55.0 Å². The number of allylic oxidation sites excluding steroid dienone is 2. The summed E-state index contributed by atoms with van der Waals surface area (Å²) in [7, 11) is 0. The first-order chi connectivity index (χ1) is 8.40. The van der Waals surface area contributed by atoms with Crippen molar-refractivity contribution >= 4 is 17.4 Å². The molecule has 2 nitrogen and oxygen atoms in total. The van der Waals surface area contributed by atoms with Crippen LogP contribution < -0.4 is 0 Å². The van der Waals surface area contributed by atoms with Gasteiger partial charge in [0.1, 0.15) is 0 Å². The van der Waals surface area contributed by atoms with Crippen LogP contribution in [0.1, 0.15) is 41.0 Å². The molecule has 1 aromatic carbocycles. The van der Waals surface area contributed by atoms with E-state index in [1.54, 1.807) is 0 Å². The maximum Gasteiger partial charge on any atom is 0.159 e. The van der Waals surface area contributed by atoms with E-state index >= 15 is 0 Å². The van der Waals surface area contributed by atoms with E-state index in [0.29, 0.717) is 17.9 Å². The number of aryl methyl sites for hydroxylation is 1. The number of carbonyl (C=O) groups is 1. The maximum atomic E-state index is 11.6. The van der Waals surface area contributed by atoms with Crippen LogP contribution in [0.15, 0.2) is 17.9 Å². The van der Waals surface area contributed by atoms with Crippen molar-refractivity contribution in [2.75, 3.05) is 0 Å². The third-order valence-electron chi connectivity index (χ3n) is 3.80. The molecule has 3 heteroatoms. The number of ketones is 1. The Hall–Kier alpha value is -1.28. The smallest absolute Gasteiger partial charge is 0.159 e. The van der Waals surface area contributed by atoms with Crippen molar-refractivity contribution in [1.29, 1.82) is 0 Å². The van der Waals surface area contributed by atoms with E-state index in [4.69, 9.17) is 11.6 Å².